The highest BCUT2D eigenvalue weighted by molar-refractivity contribution is 7.80. The van der Waals surface area contributed by atoms with Crippen molar-refractivity contribution in [1.29, 1.82) is 0 Å². The van der Waals surface area contributed by atoms with Crippen LogP contribution in [0.5, 0.6) is 11.5 Å². The van der Waals surface area contributed by atoms with E-state index in [1.165, 1.54) is 5.56 Å². The second-order valence-electron chi connectivity index (χ2n) is 8.06. The van der Waals surface area contributed by atoms with Gasteiger partial charge in [0.25, 0.3) is 0 Å². The summed E-state index contributed by atoms with van der Waals surface area (Å²) in [6, 6.07) is 3.94. The van der Waals surface area contributed by atoms with Crippen molar-refractivity contribution in [3.63, 3.8) is 0 Å². The van der Waals surface area contributed by atoms with Gasteiger partial charge in [0.15, 0.2) is 11.5 Å². The van der Waals surface area contributed by atoms with Crippen LogP contribution in [0.2, 0.25) is 0 Å². The number of ether oxygens (including phenoxy) is 3. The minimum absolute atomic E-state index is 0.109. The monoisotopic (exact) mass is 459 g/mol. The van der Waals surface area contributed by atoms with E-state index in [9.17, 15) is 13.0 Å². The van der Waals surface area contributed by atoms with Gasteiger partial charge in [-0.2, -0.15) is 8.42 Å². The lowest BCUT2D eigenvalue weighted by Gasteiger charge is -2.31. The molecule has 1 aromatic rings. The third-order valence-corrected chi connectivity index (χ3v) is 6.23. The fraction of sp³-hybridized carbons (Fsp3) is 0.727. The van der Waals surface area contributed by atoms with Crippen molar-refractivity contribution >= 4 is 10.4 Å². The molecule has 0 saturated heterocycles. The van der Waals surface area contributed by atoms with Crippen LogP contribution in [0, 0.1) is 5.92 Å². The molecular weight excluding hydrogens is 422 g/mol. The van der Waals surface area contributed by atoms with Gasteiger partial charge in [0, 0.05) is 26.2 Å². The van der Waals surface area contributed by atoms with Crippen LogP contribution in [-0.4, -0.2) is 64.5 Å². The Morgan fingerprint density at radius 1 is 1.10 bits per heavy atom. The molecular formula is C22H37NO7S. The van der Waals surface area contributed by atoms with Gasteiger partial charge in [-0.1, -0.05) is 33.1 Å². The molecule has 178 valence electrons. The molecule has 9 heteroatoms. The molecule has 1 aliphatic heterocycles. The Kier molecular flexibility index (Phi) is 10.5. The predicted molar refractivity (Wildman–Crippen MR) is 119 cm³/mol. The number of hydrogen-bond donors (Lipinski definition) is 1. The first-order chi connectivity index (χ1) is 14.8. The summed E-state index contributed by atoms with van der Waals surface area (Å²) in [5.41, 5.74) is 2.28. The molecule has 8 nitrogen and oxygen atoms in total. The molecule has 0 aromatic heterocycles. The summed E-state index contributed by atoms with van der Waals surface area (Å²) in [6.45, 7) is 6.64. The molecule has 2 unspecified atom stereocenters. The van der Waals surface area contributed by atoms with E-state index in [-0.39, 0.29) is 6.61 Å². The Morgan fingerprint density at radius 2 is 1.77 bits per heavy atom. The predicted octanol–water partition coefficient (Wildman–Crippen LogP) is 3.48. The number of fused-ring (bicyclic) bond motifs is 1. The number of unbranched alkanes of at least 4 members (excludes halogenated alkanes) is 1. The van der Waals surface area contributed by atoms with Crippen LogP contribution in [0.1, 0.15) is 50.7 Å². The number of hydrogen-bond acceptors (Lipinski definition) is 7. The average Bonchev–Trinajstić information content (AvgIpc) is 2.73. The van der Waals surface area contributed by atoms with Crippen LogP contribution < -0.4 is 9.47 Å². The summed E-state index contributed by atoms with van der Waals surface area (Å²) < 4.78 is 53.4. The number of nitrogens with zero attached hydrogens (tertiary/aromatic N) is 1. The Labute approximate surface area is 186 Å². The van der Waals surface area contributed by atoms with Gasteiger partial charge in [-0.25, -0.2) is 4.18 Å². The summed E-state index contributed by atoms with van der Waals surface area (Å²) in [6.07, 6.45) is 4.40. The SMILES string of the molecule is CCCCC(CC)COCC(CN1CCc2cc(OC)c(OC)cc2C1)OS(=O)(=O)O. The van der Waals surface area contributed by atoms with Gasteiger partial charge in [-0.15, -0.1) is 0 Å². The van der Waals surface area contributed by atoms with E-state index < -0.39 is 16.5 Å². The maximum Gasteiger partial charge on any atom is 0.397 e. The standard InChI is InChI=1S/C22H37NO7S/c1-5-7-8-17(6-2)15-29-16-20(30-31(24,25)26)14-23-10-9-18-11-21(27-3)22(28-4)12-19(18)13-23/h11-12,17,20H,5-10,13-16H2,1-4H3,(H,24,25,26). The molecule has 0 bridgehead atoms. The van der Waals surface area contributed by atoms with Gasteiger partial charge in [-0.05, 0) is 42.0 Å². The van der Waals surface area contributed by atoms with Crippen LogP contribution in [0.15, 0.2) is 12.1 Å². The molecule has 0 spiro atoms. The van der Waals surface area contributed by atoms with Gasteiger partial charge >= 0.3 is 10.4 Å². The number of methoxy groups -OCH3 is 2. The van der Waals surface area contributed by atoms with Crippen LogP contribution in [0.3, 0.4) is 0 Å². The van der Waals surface area contributed by atoms with Crippen LogP contribution in [0.4, 0.5) is 0 Å². The summed E-state index contributed by atoms with van der Waals surface area (Å²) in [5.74, 6) is 1.80. The Bertz CT molecular complexity index is 784. The average molecular weight is 460 g/mol. The largest absolute Gasteiger partial charge is 0.493 e. The minimum Gasteiger partial charge on any atom is -0.493 e. The molecule has 0 amide bonds. The van der Waals surface area contributed by atoms with E-state index in [4.69, 9.17) is 18.4 Å². The first-order valence-electron chi connectivity index (χ1n) is 11.0. The molecule has 1 N–H and O–H groups in total. The second kappa shape index (κ2) is 12.6. The van der Waals surface area contributed by atoms with Gasteiger partial charge in [0.05, 0.1) is 20.8 Å². The highest BCUT2D eigenvalue weighted by Crippen LogP contribution is 2.33. The summed E-state index contributed by atoms with van der Waals surface area (Å²) in [5, 5.41) is 0. The first kappa shape index (κ1) is 25.9. The van der Waals surface area contributed by atoms with Gasteiger partial charge in [0.2, 0.25) is 0 Å². The van der Waals surface area contributed by atoms with Gasteiger partial charge in [-0.3, -0.25) is 9.45 Å². The van der Waals surface area contributed by atoms with Gasteiger partial charge < -0.3 is 14.2 Å². The summed E-state index contributed by atoms with van der Waals surface area (Å²) in [4.78, 5) is 2.10. The maximum atomic E-state index is 11.4. The number of benzene rings is 1. The molecule has 0 aliphatic carbocycles. The summed E-state index contributed by atoms with van der Waals surface area (Å²) >= 11 is 0. The molecule has 1 aliphatic rings. The van der Waals surface area contributed by atoms with Crippen molar-refractivity contribution < 1.29 is 31.4 Å². The first-order valence-corrected chi connectivity index (χ1v) is 12.4. The molecule has 0 saturated carbocycles. The smallest absolute Gasteiger partial charge is 0.397 e. The van der Waals surface area contributed by atoms with Gasteiger partial charge in [0.1, 0.15) is 6.10 Å². The molecule has 0 radical (unpaired) electrons. The molecule has 2 atom stereocenters. The third kappa shape index (κ3) is 8.57. The van der Waals surface area contributed by atoms with Crippen molar-refractivity contribution in [2.24, 2.45) is 5.92 Å². The number of rotatable bonds is 14. The van der Waals surface area contributed by atoms with E-state index in [1.807, 2.05) is 12.1 Å². The zero-order valence-corrected chi connectivity index (χ0v) is 19.9. The van der Waals surface area contributed by atoms with Crippen molar-refractivity contribution in [2.75, 3.05) is 40.5 Å². The van der Waals surface area contributed by atoms with E-state index in [2.05, 4.69) is 18.7 Å². The lowest BCUT2D eigenvalue weighted by atomic mass is 9.98. The summed E-state index contributed by atoms with van der Waals surface area (Å²) in [7, 11) is -1.36. The van der Waals surface area contributed by atoms with E-state index in [0.717, 1.165) is 44.2 Å². The normalized spacial score (nSPS) is 16.5. The van der Waals surface area contributed by atoms with E-state index >= 15 is 0 Å². The van der Waals surface area contributed by atoms with E-state index in [1.54, 1.807) is 14.2 Å². The van der Waals surface area contributed by atoms with Crippen molar-refractivity contribution in [3.05, 3.63) is 23.3 Å². The van der Waals surface area contributed by atoms with Crippen LogP contribution >= 0.6 is 0 Å². The lowest BCUT2D eigenvalue weighted by molar-refractivity contribution is 0.0108. The van der Waals surface area contributed by atoms with E-state index in [0.29, 0.717) is 37.1 Å². The molecule has 1 heterocycles. The van der Waals surface area contributed by atoms with Crippen molar-refractivity contribution in [3.8, 4) is 11.5 Å². The molecule has 0 fully saturated rings. The third-order valence-electron chi connectivity index (χ3n) is 5.72. The topological polar surface area (TPSA) is 94.5 Å². The maximum absolute atomic E-state index is 11.4. The Hall–Kier alpha value is -1.39. The molecule has 1 aromatic carbocycles. The Morgan fingerprint density at radius 3 is 2.35 bits per heavy atom. The second-order valence-corrected chi connectivity index (χ2v) is 9.11. The molecule has 31 heavy (non-hydrogen) atoms. The zero-order valence-electron chi connectivity index (χ0n) is 19.1. The van der Waals surface area contributed by atoms with Crippen molar-refractivity contribution in [2.45, 2.75) is 58.6 Å². The highest BCUT2D eigenvalue weighted by atomic mass is 32.3. The fourth-order valence-electron chi connectivity index (χ4n) is 3.93. The van der Waals surface area contributed by atoms with Crippen LogP contribution in [-0.2, 0) is 32.3 Å². The fourth-order valence-corrected chi connectivity index (χ4v) is 4.39. The zero-order chi connectivity index (χ0) is 22.9. The quantitative estimate of drug-likeness (QED) is 0.423. The lowest BCUT2D eigenvalue weighted by Crippen LogP contribution is -2.40. The minimum atomic E-state index is -4.57. The molecule has 2 rings (SSSR count). The van der Waals surface area contributed by atoms with Crippen molar-refractivity contribution in [1.82, 2.24) is 4.90 Å². The Balaban J connectivity index is 1.99. The van der Waals surface area contributed by atoms with Crippen LogP contribution in [0.25, 0.3) is 0 Å². The highest BCUT2D eigenvalue weighted by Gasteiger charge is 2.25.